The second-order valence-corrected chi connectivity index (χ2v) is 3.21. The smallest absolute Gasteiger partial charge is 0.305 e. The van der Waals surface area contributed by atoms with Crippen LogP contribution in [0.4, 0.5) is 0 Å². The fourth-order valence-electron chi connectivity index (χ4n) is 0.946. The maximum absolute atomic E-state index is 5.41. The predicted octanol–water partition coefficient (Wildman–Crippen LogP) is 0.927. The molecule has 0 bridgehead atoms. The summed E-state index contributed by atoms with van der Waals surface area (Å²) in [6, 6.07) is 0. The zero-order chi connectivity index (χ0) is 8.32. The second kappa shape index (κ2) is 3.34. The van der Waals surface area contributed by atoms with Crippen molar-refractivity contribution < 1.29 is 14.0 Å². The highest BCUT2D eigenvalue weighted by atomic mass is 16.7. The Hall–Kier alpha value is -0.380. The van der Waals surface area contributed by atoms with Gasteiger partial charge in [-0.15, -0.1) is 0 Å². The molecule has 0 aliphatic carbocycles. The fourth-order valence-corrected chi connectivity index (χ4v) is 0.946. The molecule has 64 valence electrons. The largest absolute Gasteiger partial charge is 0.312 e. The molecular weight excluding hydrogens is 142 g/mol. The van der Waals surface area contributed by atoms with E-state index in [2.05, 4.69) is 6.58 Å². The Morgan fingerprint density at radius 2 is 1.91 bits per heavy atom. The highest BCUT2D eigenvalue weighted by Crippen LogP contribution is 2.14. The Kier molecular flexibility index (Phi) is 2.65. The third-order valence-corrected chi connectivity index (χ3v) is 1.82. The Morgan fingerprint density at radius 1 is 1.36 bits per heavy atom. The van der Waals surface area contributed by atoms with Gasteiger partial charge in [-0.05, 0) is 13.0 Å². The normalized spacial score (nSPS) is 21.6. The molecule has 0 atom stereocenters. The highest BCUT2D eigenvalue weighted by Gasteiger charge is 2.29. The van der Waals surface area contributed by atoms with Gasteiger partial charge in [0.05, 0.1) is 33.5 Å². The lowest BCUT2D eigenvalue weighted by molar-refractivity contribution is -0.920. The number of quaternary nitrogens is 1. The van der Waals surface area contributed by atoms with Gasteiger partial charge in [-0.3, -0.25) is 4.48 Å². The lowest BCUT2D eigenvalue weighted by atomic mass is 10.4. The van der Waals surface area contributed by atoms with Gasteiger partial charge in [-0.1, -0.05) is 0 Å². The van der Waals surface area contributed by atoms with Crippen molar-refractivity contribution in [3.05, 3.63) is 12.8 Å². The van der Waals surface area contributed by atoms with E-state index in [1.807, 2.05) is 20.3 Å². The third kappa shape index (κ3) is 2.02. The molecular formula is C8H16NO2+. The van der Waals surface area contributed by atoms with Crippen LogP contribution in [0.2, 0.25) is 0 Å². The molecule has 11 heavy (non-hydrogen) atoms. The first kappa shape index (κ1) is 8.71. The summed E-state index contributed by atoms with van der Waals surface area (Å²) in [5, 5.41) is 0. The highest BCUT2D eigenvalue weighted by molar-refractivity contribution is 4.53. The van der Waals surface area contributed by atoms with E-state index >= 15 is 0 Å². The molecule has 1 fully saturated rings. The minimum atomic E-state index is -0.166. The number of hydrogen-bond donors (Lipinski definition) is 0. The minimum absolute atomic E-state index is 0.166. The minimum Gasteiger partial charge on any atom is -0.305 e. The second-order valence-electron chi connectivity index (χ2n) is 3.21. The van der Waals surface area contributed by atoms with Gasteiger partial charge in [0, 0.05) is 0 Å². The average molecular weight is 158 g/mol. The Bertz CT molecular complexity index is 139. The van der Waals surface area contributed by atoms with E-state index in [1.165, 1.54) is 0 Å². The van der Waals surface area contributed by atoms with Gasteiger partial charge in [0.15, 0.2) is 0 Å². The maximum atomic E-state index is 5.41. The first-order chi connectivity index (χ1) is 5.17. The third-order valence-electron chi connectivity index (χ3n) is 1.82. The zero-order valence-electron chi connectivity index (χ0n) is 7.25. The van der Waals surface area contributed by atoms with Crippen LogP contribution in [-0.4, -0.2) is 38.2 Å². The monoisotopic (exact) mass is 158 g/mol. The van der Waals surface area contributed by atoms with Crippen LogP contribution >= 0.6 is 0 Å². The van der Waals surface area contributed by atoms with Crippen molar-refractivity contribution >= 4 is 0 Å². The molecule has 0 radical (unpaired) electrons. The van der Waals surface area contributed by atoms with Crippen molar-refractivity contribution in [1.29, 1.82) is 0 Å². The molecule has 1 aliphatic rings. The molecule has 0 spiro atoms. The van der Waals surface area contributed by atoms with Crippen molar-refractivity contribution in [2.45, 2.75) is 12.8 Å². The Morgan fingerprint density at radius 3 is 2.36 bits per heavy atom. The Labute approximate surface area is 67.8 Å². The van der Waals surface area contributed by atoms with E-state index < -0.39 is 0 Å². The topological polar surface area (TPSA) is 18.5 Å². The van der Waals surface area contributed by atoms with Crippen LogP contribution in [0.5, 0.6) is 0 Å². The summed E-state index contributed by atoms with van der Waals surface area (Å²) in [4.78, 5) is 0. The van der Waals surface area contributed by atoms with E-state index in [4.69, 9.17) is 9.47 Å². The first-order valence-electron chi connectivity index (χ1n) is 3.87. The van der Waals surface area contributed by atoms with Gasteiger partial charge in [-0.25, -0.2) is 0 Å². The van der Waals surface area contributed by atoms with Crippen LogP contribution in [0.1, 0.15) is 6.42 Å². The summed E-state index contributed by atoms with van der Waals surface area (Å²) >= 11 is 0. The van der Waals surface area contributed by atoms with E-state index in [9.17, 15) is 0 Å². The van der Waals surface area contributed by atoms with Gasteiger partial charge in [-0.2, -0.15) is 0 Å². The van der Waals surface area contributed by atoms with Gasteiger partial charge in [0.1, 0.15) is 0 Å². The van der Waals surface area contributed by atoms with Crippen LogP contribution in [0.3, 0.4) is 0 Å². The maximum Gasteiger partial charge on any atom is 0.312 e. The molecule has 0 aromatic rings. The number of rotatable bonds is 2. The molecule has 0 N–H and O–H groups in total. The first-order valence-corrected chi connectivity index (χ1v) is 3.87. The summed E-state index contributed by atoms with van der Waals surface area (Å²) in [6.45, 7) is 5.30. The van der Waals surface area contributed by atoms with Crippen molar-refractivity contribution in [3.63, 3.8) is 0 Å². The lowest BCUT2D eigenvalue weighted by Crippen LogP contribution is -2.49. The molecule has 0 amide bonds. The number of hydrogen-bond acceptors (Lipinski definition) is 2. The summed E-state index contributed by atoms with van der Waals surface area (Å²) in [5.41, 5.74) is 0. The number of ether oxygens (including phenoxy) is 2. The average Bonchev–Trinajstić information content (AvgIpc) is 2.06. The van der Waals surface area contributed by atoms with Crippen molar-refractivity contribution in [1.82, 2.24) is 0 Å². The van der Waals surface area contributed by atoms with Crippen LogP contribution in [0.25, 0.3) is 0 Å². The summed E-state index contributed by atoms with van der Waals surface area (Å²) in [7, 11) is 4.01. The molecule has 0 aromatic carbocycles. The van der Waals surface area contributed by atoms with Crippen LogP contribution in [-0.2, 0) is 9.47 Å². The van der Waals surface area contributed by atoms with Gasteiger partial charge in [0.25, 0.3) is 0 Å². The molecule has 0 unspecified atom stereocenters. The molecule has 1 rings (SSSR count). The summed E-state index contributed by atoms with van der Waals surface area (Å²) in [5.74, 6) is 0. The standard InChI is InChI=1S/C8H16NO2/c1-4-9(2,3)8-10-6-5-7-11-8/h4,8H,1,5-7H2,2-3H3/q+1. The lowest BCUT2D eigenvalue weighted by Gasteiger charge is -2.34. The molecule has 3 nitrogen and oxygen atoms in total. The molecule has 1 heterocycles. The van der Waals surface area contributed by atoms with Crippen LogP contribution in [0, 0.1) is 0 Å². The van der Waals surface area contributed by atoms with E-state index in [0.717, 1.165) is 19.6 Å². The van der Waals surface area contributed by atoms with Crippen LogP contribution in [0.15, 0.2) is 12.8 Å². The van der Waals surface area contributed by atoms with E-state index in [0.29, 0.717) is 4.48 Å². The zero-order valence-corrected chi connectivity index (χ0v) is 7.25. The predicted molar refractivity (Wildman–Crippen MR) is 42.6 cm³/mol. The fraction of sp³-hybridized carbons (Fsp3) is 0.750. The molecule has 3 heteroatoms. The van der Waals surface area contributed by atoms with Crippen LogP contribution < -0.4 is 0 Å². The summed E-state index contributed by atoms with van der Waals surface area (Å²) < 4.78 is 11.4. The molecule has 1 aliphatic heterocycles. The van der Waals surface area contributed by atoms with Gasteiger partial charge < -0.3 is 9.47 Å². The Balaban J connectivity index is 2.50. The van der Waals surface area contributed by atoms with Gasteiger partial charge >= 0.3 is 6.41 Å². The van der Waals surface area contributed by atoms with E-state index in [-0.39, 0.29) is 6.41 Å². The number of nitrogens with zero attached hydrogens (tertiary/aromatic N) is 1. The SMILES string of the molecule is C=C[N+](C)(C)C1OCCCO1. The van der Waals surface area contributed by atoms with Gasteiger partial charge in [0.2, 0.25) is 0 Å². The molecule has 0 saturated carbocycles. The van der Waals surface area contributed by atoms with E-state index in [1.54, 1.807) is 0 Å². The van der Waals surface area contributed by atoms with Crippen molar-refractivity contribution in [2.75, 3.05) is 27.3 Å². The van der Waals surface area contributed by atoms with Crippen molar-refractivity contribution in [2.24, 2.45) is 0 Å². The quantitative estimate of drug-likeness (QED) is 0.556. The molecule has 1 saturated heterocycles. The molecule has 0 aromatic heterocycles. The van der Waals surface area contributed by atoms with Crippen molar-refractivity contribution in [3.8, 4) is 0 Å². The summed E-state index contributed by atoms with van der Waals surface area (Å²) in [6.07, 6.45) is 2.64.